The minimum atomic E-state index is 0.0685. The maximum Gasteiger partial charge on any atom is 0.179 e. The molecule has 0 unspecified atom stereocenters. The highest BCUT2D eigenvalue weighted by atomic mass is 33.1. The summed E-state index contributed by atoms with van der Waals surface area (Å²) >= 11 is 0. The summed E-state index contributed by atoms with van der Waals surface area (Å²) in [6.45, 7) is 19.7. The van der Waals surface area contributed by atoms with Gasteiger partial charge in [0.15, 0.2) is 10.3 Å². The monoisotopic (exact) mass is 394 g/mol. The van der Waals surface area contributed by atoms with E-state index in [4.69, 9.17) is 9.97 Å². The van der Waals surface area contributed by atoms with Crippen molar-refractivity contribution in [1.82, 2.24) is 19.1 Å². The van der Waals surface area contributed by atoms with Gasteiger partial charge in [-0.2, -0.15) is 0 Å². The molecule has 0 atom stereocenters. The minimum absolute atomic E-state index is 0.0685. The molecule has 2 aromatic heterocycles. The SMILES string of the molecule is CCCn1cc(C(C)(C)C)nc1SSc1nc(C(C)(C)C)cn1CCC. The molecular weight excluding hydrogens is 360 g/mol. The molecule has 0 fully saturated rings. The average Bonchev–Trinajstić information content (AvgIpc) is 3.09. The molecule has 0 saturated carbocycles. The van der Waals surface area contributed by atoms with Crippen LogP contribution in [-0.4, -0.2) is 19.1 Å². The Labute approximate surface area is 167 Å². The smallest absolute Gasteiger partial charge is 0.179 e. The van der Waals surface area contributed by atoms with E-state index in [1.54, 1.807) is 21.6 Å². The van der Waals surface area contributed by atoms with E-state index in [-0.39, 0.29) is 10.8 Å². The Bertz CT molecular complexity index is 655. The van der Waals surface area contributed by atoms with Crippen LogP contribution >= 0.6 is 21.6 Å². The molecule has 0 saturated heterocycles. The molecule has 0 spiro atoms. The van der Waals surface area contributed by atoms with Gasteiger partial charge in [-0.1, -0.05) is 55.4 Å². The summed E-state index contributed by atoms with van der Waals surface area (Å²) in [6, 6.07) is 0. The Morgan fingerprint density at radius 1 is 0.731 bits per heavy atom. The van der Waals surface area contributed by atoms with Crippen LogP contribution in [-0.2, 0) is 23.9 Å². The first-order valence-electron chi connectivity index (χ1n) is 9.56. The number of aromatic nitrogens is 4. The van der Waals surface area contributed by atoms with Gasteiger partial charge in [0.1, 0.15) is 0 Å². The van der Waals surface area contributed by atoms with Gasteiger partial charge in [0.25, 0.3) is 0 Å². The highest BCUT2D eigenvalue weighted by molar-refractivity contribution is 8.76. The fourth-order valence-corrected chi connectivity index (χ4v) is 4.68. The standard InChI is InChI=1S/C20H34N4S2/c1-9-11-23-13-15(19(3,4)5)21-17(23)25-26-18-22-16(20(6,7)8)14-24(18)12-10-2/h13-14H,9-12H2,1-8H3. The molecule has 2 rings (SSSR count). The number of imidazole rings is 2. The van der Waals surface area contributed by atoms with Crippen LogP contribution in [0.25, 0.3) is 0 Å². The third-order valence-electron chi connectivity index (χ3n) is 4.14. The van der Waals surface area contributed by atoms with E-state index in [1.807, 2.05) is 0 Å². The third kappa shape index (κ3) is 5.32. The molecule has 0 radical (unpaired) electrons. The van der Waals surface area contributed by atoms with Gasteiger partial charge >= 0.3 is 0 Å². The summed E-state index contributed by atoms with van der Waals surface area (Å²) < 4.78 is 4.58. The molecule has 0 aliphatic heterocycles. The molecule has 6 heteroatoms. The van der Waals surface area contributed by atoms with Crippen molar-refractivity contribution >= 4 is 21.6 Å². The summed E-state index contributed by atoms with van der Waals surface area (Å²) in [6.07, 6.45) is 6.64. The molecule has 0 amide bonds. The van der Waals surface area contributed by atoms with Crippen LogP contribution < -0.4 is 0 Å². The average molecular weight is 395 g/mol. The molecule has 0 aliphatic rings. The van der Waals surface area contributed by atoms with Crippen molar-refractivity contribution in [2.45, 2.75) is 102 Å². The number of hydrogen-bond acceptors (Lipinski definition) is 4. The molecule has 2 aromatic rings. The van der Waals surface area contributed by atoms with Gasteiger partial charge in [0.2, 0.25) is 0 Å². The second kappa shape index (κ2) is 8.42. The summed E-state index contributed by atoms with van der Waals surface area (Å²) in [5.41, 5.74) is 2.45. The van der Waals surface area contributed by atoms with E-state index in [0.717, 1.165) is 47.6 Å². The number of nitrogens with zero attached hydrogens (tertiary/aromatic N) is 4. The van der Waals surface area contributed by atoms with Crippen LogP contribution in [0.1, 0.15) is 79.6 Å². The lowest BCUT2D eigenvalue weighted by Crippen LogP contribution is -2.11. The van der Waals surface area contributed by atoms with Crippen LogP contribution in [0.3, 0.4) is 0 Å². The maximum atomic E-state index is 4.91. The molecule has 26 heavy (non-hydrogen) atoms. The van der Waals surface area contributed by atoms with Crippen molar-refractivity contribution in [3.8, 4) is 0 Å². The number of aryl methyl sites for hydroxylation is 2. The highest BCUT2D eigenvalue weighted by Gasteiger charge is 2.22. The summed E-state index contributed by atoms with van der Waals surface area (Å²) in [5, 5.41) is 2.15. The Kier molecular flexibility index (Phi) is 6.94. The van der Waals surface area contributed by atoms with E-state index >= 15 is 0 Å². The second-order valence-corrected chi connectivity index (χ2v) is 10.9. The first-order valence-corrected chi connectivity index (χ1v) is 11.7. The topological polar surface area (TPSA) is 35.6 Å². The second-order valence-electron chi connectivity index (χ2n) is 8.87. The van der Waals surface area contributed by atoms with E-state index in [1.165, 1.54) is 0 Å². The van der Waals surface area contributed by atoms with Gasteiger partial charge in [-0.3, -0.25) is 0 Å². The Hall–Kier alpha value is -0.880. The fourth-order valence-electron chi connectivity index (χ4n) is 2.53. The summed E-state index contributed by atoms with van der Waals surface area (Å²) in [7, 11) is 3.45. The zero-order chi connectivity index (χ0) is 19.5. The fraction of sp³-hybridized carbons (Fsp3) is 0.700. The van der Waals surface area contributed by atoms with Crippen molar-refractivity contribution in [3.05, 3.63) is 23.8 Å². The molecule has 0 aliphatic carbocycles. The molecule has 146 valence electrons. The third-order valence-corrected chi connectivity index (χ3v) is 6.31. The van der Waals surface area contributed by atoms with E-state index in [0.29, 0.717) is 0 Å². The Morgan fingerprint density at radius 2 is 1.08 bits per heavy atom. The largest absolute Gasteiger partial charge is 0.325 e. The molecule has 4 nitrogen and oxygen atoms in total. The number of rotatable bonds is 7. The van der Waals surface area contributed by atoms with Gasteiger partial charge in [0, 0.05) is 36.3 Å². The zero-order valence-corrected chi connectivity index (χ0v) is 19.2. The maximum absolute atomic E-state index is 4.91. The van der Waals surface area contributed by atoms with Crippen molar-refractivity contribution in [3.63, 3.8) is 0 Å². The first-order chi connectivity index (χ1) is 12.1. The Morgan fingerprint density at radius 3 is 1.35 bits per heavy atom. The van der Waals surface area contributed by atoms with E-state index in [9.17, 15) is 0 Å². The van der Waals surface area contributed by atoms with Crippen LogP contribution in [0.15, 0.2) is 22.7 Å². The lowest BCUT2D eigenvalue weighted by atomic mass is 9.93. The van der Waals surface area contributed by atoms with Crippen LogP contribution in [0.4, 0.5) is 0 Å². The molecular formula is C20H34N4S2. The molecule has 0 aromatic carbocycles. The van der Waals surface area contributed by atoms with Crippen molar-refractivity contribution in [2.75, 3.05) is 0 Å². The van der Waals surface area contributed by atoms with Gasteiger partial charge in [-0.05, 0) is 34.4 Å². The van der Waals surface area contributed by atoms with Crippen LogP contribution in [0.5, 0.6) is 0 Å². The normalized spacial score (nSPS) is 12.8. The van der Waals surface area contributed by atoms with Gasteiger partial charge < -0.3 is 9.13 Å². The zero-order valence-electron chi connectivity index (χ0n) is 17.6. The molecule has 0 bridgehead atoms. The first kappa shape index (κ1) is 21.4. The lowest BCUT2D eigenvalue weighted by Gasteiger charge is -2.14. The van der Waals surface area contributed by atoms with Gasteiger partial charge in [-0.25, -0.2) is 9.97 Å². The lowest BCUT2D eigenvalue weighted by molar-refractivity contribution is 0.569. The van der Waals surface area contributed by atoms with E-state index in [2.05, 4.69) is 76.9 Å². The minimum Gasteiger partial charge on any atom is -0.325 e. The molecule has 2 heterocycles. The van der Waals surface area contributed by atoms with Gasteiger partial charge in [0.05, 0.1) is 11.4 Å². The van der Waals surface area contributed by atoms with Crippen LogP contribution in [0.2, 0.25) is 0 Å². The van der Waals surface area contributed by atoms with Crippen LogP contribution in [0, 0.1) is 0 Å². The molecule has 0 N–H and O–H groups in total. The van der Waals surface area contributed by atoms with Crippen molar-refractivity contribution in [2.24, 2.45) is 0 Å². The van der Waals surface area contributed by atoms with Crippen molar-refractivity contribution < 1.29 is 0 Å². The van der Waals surface area contributed by atoms with E-state index < -0.39 is 0 Å². The predicted octanol–water partition coefficient (Wildman–Crippen LogP) is 6.29. The number of hydrogen-bond donors (Lipinski definition) is 0. The Balaban J connectivity index is 2.25. The van der Waals surface area contributed by atoms with Crippen molar-refractivity contribution in [1.29, 1.82) is 0 Å². The van der Waals surface area contributed by atoms with Gasteiger partial charge in [-0.15, -0.1) is 0 Å². The summed E-state index contributed by atoms with van der Waals surface area (Å²) in [5.74, 6) is 0. The predicted molar refractivity (Wildman–Crippen MR) is 114 cm³/mol. The summed E-state index contributed by atoms with van der Waals surface area (Å²) in [4.78, 5) is 9.83. The quantitative estimate of drug-likeness (QED) is 0.517. The highest BCUT2D eigenvalue weighted by Crippen LogP contribution is 2.38.